The zero-order valence-corrected chi connectivity index (χ0v) is 15.4. The molecule has 0 heterocycles. The molecule has 0 aliphatic rings. The minimum absolute atomic E-state index is 0.149. The molecular formula is C18H20Cl2N2O2. The average Bonchev–Trinajstić information content (AvgIpc) is 2.57. The number of halogens is 2. The number of methoxy groups -OCH3 is 1. The van der Waals surface area contributed by atoms with Gasteiger partial charge in [0, 0.05) is 11.6 Å². The lowest BCUT2D eigenvalue weighted by molar-refractivity contribution is -0.120. The Morgan fingerprint density at radius 2 is 2.00 bits per heavy atom. The lowest BCUT2D eigenvalue weighted by Gasteiger charge is -2.24. The normalized spacial score (nSPS) is 12.1. The van der Waals surface area contributed by atoms with Gasteiger partial charge in [0.25, 0.3) is 0 Å². The molecule has 2 aromatic carbocycles. The highest BCUT2D eigenvalue weighted by Crippen LogP contribution is 2.25. The van der Waals surface area contributed by atoms with Crippen LogP contribution in [0.4, 0.5) is 5.69 Å². The third-order valence-corrected chi connectivity index (χ3v) is 4.36. The predicted molar refractivity (Wildman–Crippen MR) is 99.0 cm³/mol. The minimum atomic E-state index is -0.341. The number of carbonyl (C=O) groups is 1. The number of amides is 1. The van der Waals surface area contributed by atoms with E-state index >= 15 is 0 Å². The summed E-state index contributed by atoms with van der Waals surface area (Å²) in [6.45, 7) is 2.46. The van der Waals surface area contributed by atoms with Crippen molar-refractivity contribution in [3.05, 3.63) is 58.1 Å². The van der Waals surface area contributed by atoms with Gasteiger partial charge in [0.1, 0.15) is 5.75 Å². The van der Waals surface area contributed by atoms with Gasteiger partial charge in [-0.15, -0.1) is 0 Å². The van der Waals surface area contributed by atoms with Crippen molar-refractivity contribution in [1.82, 2.24) is 4.90 Å². The fraction of sp³-hybridized carbons (Fsp3) is 0.278. The van der Waals surface area contributed by atoms with E-state index in [1.54, 1.807) is 25.3 Å². The first-order valence-electron chi connectivity index (χ1n) is 7.50. The lowest BCUT2D eigenvalue weighted by Crippen LogP contribution is -2.39. The van der Waals surface area contributed by atoms with E-state index in [2.05, 4.69) is 5.32 Å². The number of nitrogens with one attached hydrogen (secondary N) is 1. The zero-order valence-electron chi connectivity index (χ0n) is 13.8. The summed E-state index contributed by atoms with van der Waals surface area (Å²) in [6.07, 6.45) is 0. The van der Waals surface area contributed by atoms with Gasteiger partial charge in [0.05, 0.1) is 23.9 Å². The quantitative estimate of drug-likeness (QED) is 0.820. The van der Waals surface area contributed by atoms with E-state index in [4.69, 9.17) is 27.9 Å². The van der Waals surface area contributed by atoms with Crippen LogP contribution in [0.1, 0.15) is 12.5 Å². The van der Waals surface area contributed by atoms with E-state index in [1.807, 2.05) is 43.1 Å². The van der Waals surface area contributed by atoms with Gasteiger partial charge in [-0.05, 0) is 49.9 Å². The van der Waals surface area contributed by atoms with Crippen LogP contribution < -0.4 is 10.1 Å². The number of hydrogen-bond donors (Lipinski definition) is 1. The van der Waals surface area contributed by atoms with E-state index in [0.29, 0.717) is 22.3 Å². The van der Waals surface area contributed by atoms with Crippen LogP contribution in [0.15, 0.2) is 42.5 Å². The van der Waals surface area contributed by atoms with E-state index in [1.165, 1.54) is 0 Å². The molecule has 2 rings (SSSR count). The summed E-state index contributed by atoms with van der Waals surface area (Å²) in [4.78, 5) is 14.4. The Balaban J connectivity index is 2.02. The van der Waals surface area contributed by atoms with Gasteiger partial charge in [-0.2, -0.15) is 0 Å². The number of hydrogen-bond acceptors (Lipinski definition) is 3. The van der Waals surface area contributed by atoms with Gasteiger partial charge in [0.2, 0.25) is 5.91 Å². The maximum atomic E-state index is 12.5. The highest BCUT2D eigenvalue weighted by atomic mass is 35.5. The molecule has 1 unspecified atom stereocenters. The molecule has 24 heavy (non-hydrogen) atoms. The lowest BCUT2D eigenvalue weighted by atomic mass is 10.1. The molecule has 0 spiro atoms. The molecule has 0 saturated heterocycles. The first kappa shape index (κ1) is 18.6. The smallest absolute Gasteiger partial charge is 0.241 e. The standard InChI is InChI=1S/C18H20Cl2N2O2/c1-12(18(23)21-17-10-14(19)7-8-16(17)20)22(2)11-13-5-4-6-15(9-13)24-3/h4-10,12H,11H2,1-3H3,(H,21,23). The Morgan fingerprint density at radius 3 is 2.71 bits per heavy atom. The summed E-state index contributed by atoms with van der Waals surface area (Å²) in [5.74, 6) is 0.647. The fourth-order valence-corrected chi connectivity index (χ4v) is 2.56. The molecule has 4 nitrogen and oxygen atoms in total. The zero-order chi connectivity index (χ0) is 17.7. The van der Waals surface area contributed by atoms with Crippen molar-refractivity contribution in [3.63, 3.8) is 0 Å². The van der Waals surface area contributed by atoms with Crippen molar-refractivity contribution in [2.75, 3.05) is 19.5 Å². The second-order valence-electron chi connectivity index (χ2n) is 5.56. The molecule has 1 N–H and O–H groups in total. The highest BCUT2D eigenvalue weighted by molar-refractivity contribution is 6.35. The van der Waals surface area contributed by atoms with Crippen molar-refractivity contribution in [2.45, 2.75) is 19.5 Å². The molecular weight excluding hydrogens is 347 g/mol. The summed E-state index contributed by atoms with van der Waals surface area (Å²) >= 11 is 12.0. The van der Waals surface area contributed by atoms with Crippen LogP contribution in [-0.2, 0) is 11.3 Å². The van der Waals surface area contributed by atoms with Crippen molar-refractivity contribution >= 4 is 34.8 Å². The largest absolute Gasteiger partial charge is 0.497 e. The topological polar surface area (TPSA) is 41.6 Å². The van der Waals surface area contributed by atoms with Gasteiger partial charge in [0.15, 0.2) is 0 Å². The third kappa shape index (κ3) is 4.87. The second kappa shape index (κ2) is 8.38. The Bertz CT molecular complexity index is 722. The Kier molecular flexibility index (Phi) is 6.49. The summed E-state index contributed by atoms with van der Waals surface area (Å²) in [7, 11) is 3.52. The van der Waals surface area contributed by atoms with Crippen LogP contribution >= 0.6 is 23.2 Å². The molecule has 1 atom stereocenters. The molecule has 0 bridgehead atoms. The molecule has 0 fully saturated rings. The maximum Gasteiger partial charge on any atom is 0.241 e. The molecule has 0 aliphatic heterocycles. The van der Waals surface area contributed by atoms with E-state index < -0.39 is 0 Å². The van der Waals surface area contributed by atoms with Crippen LogP contribution in [0.3, 0.4) is 0 Å². The maximum absolute atomic E-state index is 12.5. The van der Waals surface area contributed by atoms with Crippen LogP contribution in [-0.4, -0.2) is 31.0 Å². The number of rotatable bonds is 6. The number of anilines is 1. The third-order valence-electron chi connectivity index (χ3n) is 3.79. The number of nitrogens with zero attached hydrogens (tertiary/aromatic N) is 1. The van der Waals surface area contributed by atoms with Crippen LogP contribution in [0, 0.1) is 0 Å². The van der Waals surface area contributed by atoms with Crippen LogP contribution in [0.25, 0.3) is 0 Å². The first-order chi connectivity index (χ1) is 11.4. The van der Waals surface area contributed by atoms with E-state index in [9.17, 15) is 4.79 Å². The van der Waals surface area contributed by atoms with Crippen molar-refractivity contribution in [3.8, 4) is 5.75 Å². The minimum Gasteiger partial charge on any atom is -0.497 e. The molecule has 2 aromatic rings. The van der Waals surface area contributed by atoms with Crippen molar-refractivity contribution in [1.29, 1.82) is 0 Å². The predicted octanol–water partition coefficient (Wildman–Crippen LogP) is 4.46. The van der Waals surface area contributed by atoms with Gasteiger partial charge >= 0.3 is 0 Å². The van der Waals surface area contributed by atoms with Gasteiger partial charge < -0.3 is 10.1 Å². The molecule has 0 saturated carbocycles. The SMILES string of the molecule is COc1cccc(CN(C)C(C)C(=O)Nc2cc(Cl)ccc2Cl)c1. The number of benzene rings is 2. The van der Waals surface area contributed by atoms with Gasteiger partial charge in [-0.1, -0.05) is 35.3 Å². The highest BCUT2D eigenvalue weighted by Gasteiger charge is 2.19. The Morgan fingerprint density at radius 1 is 1.25 bits per heavy atom. The van der Waals surface area contributed by atoms with Gasteiger partial charge in [-0.3, -0.25) is 9.69 Å². The monoisotopic (exact) mass is 366 g/mol. The van der Waals surface area contributed by atoms with E-state index in [-0.39, 0.29) is 11.9 Å². The fourth-order valence-electron chi connectivity index (χ4n) is 2.23. The van der Waals surface area contributed by atoms with Crippen LogP contribution in [0.5, 0.6) is 5.75 Å². The average molecular weight is 367 g/mol. The Labute approximate surface area is 152 Å². The summed E-state index contributed by atoms with van der Waals surface area (Å²) in [6, 6.07) is 12.4. The Hall–Kier alpha value is -1.75. The molecule has 128 valence electrons. The van der Waals surface area contributed by atoms with Crippen molar-refractivity contribution < 1.29 is 9.53 Å². The first-order valence-corrected chi connectivity index (χ1v) is 8.25. The molecule has 1 amide bonds. The number of carbonyl (C=O) groups excluding carboxylic acids is 1. The molecule has 6 heteroatoms. The van der Waals surface area contributed by atoms with Gasteiger partial charge in [-0.25, -0.2) is 0 Å². The summed E-state index contributed by atoms with van der Waals surface area (Å²) in [5, 5.41) is 3.79. The molecule has 0 aliphatic carbocycles. The summed E-state index contributed by atoms with van der Waals surface area (Å²) in [5.41, 5.74) is 1.58. The number of likely N-dealkylation sites (N-methyl/N-ethyl adjacent to an activating group) is 1. The van der Waals surface area contributed by atoms with E-state index in [0.717, 1.165) is 11.3 Å². The molecule has 0 aromatic heterocycles. The number of ether oxygens (including phenoxy) is 1. The second-order valence-corrected chi connectivity index (χ2v) is 6.40. The summed E-state index contributed by atoms with van der Waals surface area (Å²) < 4.78 is 5.22. The molecule has 0 radical (unpaired) electrons. The van der Waals surface area contributed by atoms with Crippen molar-refractivity contribution in [2.24, 2.45) is 0 Å². The van der Waals surface area contributed by atoms with Crippen LogP contribution in [0.2, 0.25) is 10.0 Å².